The smallest absolute Gasteiger partial charge is 0.164 e. The first kappa shape index (κ1) is 12.6. The van der Waals surface area contributed by atoms with Crippen LogP contribution >= 0.6 is 0 Å². The van der Waals surface area contributed by atoms with Gasteiger partial charge in [-0.3, -0.25) is 4.79 Å². The summed E-state index contributed by atoms with van der Waals surface area (Å²) in [6, 6.07) is 0. The van der Waals surface area contributed by atoms with E-state index in [4.69, 9.17) is 9.47 Å². The number of ketones is 1. The zero-order chi connectivity index (χ0) is 10.1. The minimum Gasteiger partial charge on any atom is -0.352 e. The lowest BCUT2D eigenvalue weighted by Gasteiger charge is -2.16. The third-order valence-electron chi connectivity index (χ3n) is 1.47. The molecule has 78 valence electrons. The molecule has 3 nitrogen and oxygen atoms in total. The Bertz CT molecular complexity index is 126. The number of ether oxygens (including phenoxy) is 2. The Labute approximate surface area is 80.4 Å². The lowest BCUT2D eigenvalue weighted by atomic mass is 10.3. The number of carbonyl (C=O) groups is 1. The second-order valence-corrected chi connectivity index (χ2v) is 3.08. The Hall–Kier alpha value is -0.410. The first-order valence-electron chi connectivity index (χ1n) is 4.93. The van der Waals surface area contributed by atoms with E-state index in [1.54, 1.807) is 6.92 Å². The minimum absolute atomic E-state index is 0.109. The Morgan fingerprint density at radius 2 is 1.62 bits per heavy atom. The molecule has 0 aromatic rings. The molecule has 0 aromatic carbocycles. The van der Waals surface area contributed by atoms with Crippen molar-refractivity contribution in [1.29, 1.82) is 0 Å². The third kappa shape index (κ3) is 7.94. The van der Waals surface area contributed by atoms with Gasteiger partial charge in [-0.2, -0.15) is 0 Å². The van der Waals surface area contributed by atoms with Gasteiger partial charge in [0.1, 0.15) is 5.78 Å². The summed E-state index contributed by atoms with van der Waals surface area (Å²) in [6.07, 6.45) is 1.92. The fourth-order valence-corrected chi connectivity index (χ4v) is 0.899. The van der Waals surface area contributed by atoms with Crippen LogP contribution in [0, 0.1) is 0 Å². The zero-order valence-corrected chi connectivity index (χ0v) is 8.84. The van der Waals surface area contributed by atoms with Gasteiger partial charge in [0.2, 0.25) is 0 Å². The van der Waals surface area contributed by atoms with Gasteiger partial charge in [-0.1, -0.05) is 13.8 Å². The van der Waals surface area contributed by atoms with E-state index in [9.17, 15) is 4.79 Å². The van der Waals surface area contributed by atoms with Crippen LogP contribution in [-0.2, 0) is 14.3 Å². The summed E-state index contributed by atoms with van der Waals surface area (Å²) in [6.45, 7) is 6.93. The van der Waals surface area contributed by atoms with Crippen molar-refractivity contribution < 1.29 is 14.3 Å². The van der Waals surface area contributed by atoms with Crippen LogP contribution in [0.25, 0.3) is 0 Å². The molecule has 13 heavy (non-hydrogen) atoms. The van der Waals surface area contributed by atoms with Crippen molar-refractivity contribution in [1.82, 2.24) is 0 Å². The molecule has 0 bridgehead atoms. The summed E-state index contributed by atoms with van der Waals surface area (Å²) in [5.74, 6) is 0.109. The van der Waals surface area contributed by atoms with Gasteiger partial charge in [0.15, 0.2) is 6.29 Å². The Balaban J connectivity index is 3.66. The molecule has 0 spiro atoms. The first-order chi connectivity index (χ1) is 6.20. The fourth-order valence-electron chi connectivity index (χ4n) is 0.899. The van der Waals surface area contributed by atoms with Crippen LogP contribution in [0.5, 0.6) is 0 Å². The summed E-state index contributed by atoms with van der Waals surface area (Å²) in [4.78, 5) is 10.8. The largest absolute Gasteiger partial charge is 0.352 e. The third-order valence-corrected chi connectivity index (χ3v) is 1.47. The molecule has 0 fully saturated rings. The molecule has 0 saturated carbocycles. The van der Waals surface area contributed by atoms with Gasteiger partial charge in [0.05, 0.1) is 6.42 Å². The molecule has 3 heteroatoms. The highest BCUT2D eigenvalue weighted by Crippen LogP contribution is 2.03. The molecular formula is C10H20O3. The van der Waals surface area contributed by atoms with E-state index >= 15 is 0 Å². The average molecular weight is 188 g/mol. The maximum Gasteiger partial charge on any atom is 0.164 e. The summed E-state index contributed by atoms with van der Waals surface area (Å²) < 4.78 is 10.7. The quantitative estimate of drug-likeness (QED) is 0.547. The van der Waals surface area contributed by atoms with Crippen molar-refractivity contribution in [2.45, 2.75) is 46.3 Å². The predicted octanol–water partition coefficient (Wildman–Crippen LogP) is 2.14. The van der Waals surface area contributed by atoms with Crippen LogP contribution in [0.2, 0.25) is 0 Å². The van der Waals surface area contributed by atoms with Crippen LogP contribution in [0.4, 0.5) is 0 Å². The molecule has 0 amide bonds. The number of carbonyl (C=O) groups excluding carboxylic acids is 1. The fraction of sp³-hybridized carbons (Fsp3) is 0.900. The van der Waals surface area contributed by atoms with Gasteiger partial charge in [-0.15, -0.1) is 0 Å². The number of hydrogen-bond donors (Lipinski definition) is 0. The van der Waals surface area contributed by atoms with Crippen LogP contribution in [0.15, 0.2) is 0 Å². The summed E-state index contributed by atoms with van der Waals surface area (Å²) >= 11 is 0. The molecule has 0 atom stereocenters. The molecule has 0 aliphatic rings. The molecule has 0 N–H and O–H groups in total. The molecular weight excluding hydrogens is 168 g/mol. The van der Waals surface area contributed by atoms with Crippen molar-refractivity contribution >= 4 is 5.78 Å². The maximum atomic E-state index is 10.8. The standard InChI is InChI=1S/C10H20O3/c1-4-6-12-10(8-9(3)11)13-7-5-2/h10H,4-8H2,1-3H3. The molecule has 0 saturated heterocycles. The van der Waals surface area contributed by atoms with Gasteiger partial charge >= 0.3 is 0 Å². The number of rotatable bonds is 8. The van der Waals surface area contributed by atoms with Gasteiger partial charge in [-0.05, 0) is 19.8 Å². The first-order valence-corrected chi connectivity index (χ1v) is 4.93. The van der Waals surface area contributed by atoms with Crippen molar-refractivity contribution in [3.63, 3.8) is 0 Å². The Morgan fingerprint density at radius 1 is 1.15 bits per heavy atom. The SMILES string of the molecule is CCCOC(CC(C)=O)OCCC. The predicted molar refractivity (Wildman–Crippen MR) is 51.6 cm³/mol. The van der Waals surface area contributed by atoms with E-state index in [-0.39, 0.29) is 12.1 Å². The van der Waals surface area contributed by atoms with E-state index in [0.717, 1.165) is 12.8 Å². The van der Waals surface area contributed by atoms with E-state index in [0.29, 0.717) is 19.6 Å². The van der Waals surface area contributed by atoms with Gasteiger partial charge < -0.3 is 9.47 Å². The monoisotopic (exact) mass is 188 g/mol. The van der Waals surface area contributed by atoms with Crippen molar-refractivity contribution in [3.8, 4) is 0 Å². The summed E-state index contributed by atoms with van der Waals surface area (Å²) in [7, 11) is 0. The van der Waals surface area contributed by atoms with Gasteiger partial charge in [0.25, 0.3) is 0 Å². The van der Waals surface area contributed by atoms with E-state index in [2.05, 4.69) is 0 Å². The minimum atomic E-state index is -0.336. The lowest BCUT2D eigenvalue weighted by Crippen LogP contribution is -2.21. The van der Waals surface area contributed by atoms with E-state index in [1.807, 2.05) is 13.8 Å². The van der Waals surface area contributed by atoms with Crippen LogP contribution in [0.1, 0.15) is 40.0 Å². The molecule has 0 aromatic heterocycles. The number of Topliss-reactive ketones (excluding diaryl/α,β-unsaturated/α-hetero) is 1. The highest BCUT2D eigenvalue weighted by atomic mass is 16.7. The van der Waals surface area contributed by atoms with E-state index in [1.165, 1.54) is 0 Å². The van der Waals surface area contributed by atoms with E-state index < -0.39 is 0 Å². The van der Waals surface area contributed by atoms with Crippen LogP contribution in [0.3, 0.4) is 0 Å². The Kier molecular flexibility index (Phi) is 7.94. The highest BCUT2D eigenvalue weighted by Gasteiger charge is 2.10. The molecule has 0 aliphatic heterocycles. The normalized spacial score (nSPS) is 10.8. The molecule has 0 rings (SSSR count). The summed E-state index contributed by atoms with van der Waals surface area (Å²) in [5.41, 5.74) is 0. The topological polar surface area (TPSA) is 35.5 Å². The molecule has 0 aliphatic carbocycles. The summed E-state index contributed by atoms with van der Waals surface area (Å²) in [5, 5.41) is 0. The van der Waals surface area contributed by atoms with Crippen LogP contribution < -0.4 is 0 Å². The Morgan fingerprint density at radius 3 is 1.92 bits per heavy atom. The van der Waals surface area contributed by atoms with Crippen molar-refractivity contribution in [2.75, 3.05) is 13.2 Å². The van der Waals surface area contributed by atoms with Gasteiger partial charge in [-0.25, -0.2) is 0 Å². The lowest BCUT2D eigenvalue weighted by molar-refractivity contribution is -0.154. The highest BCUT2D eigenvalue weighted by molar-refractivity contribution is 5.75. The number of hydrogen-bond acceptors (Lipinski definition) is 3. The van der Waals surface area contributed by atoms with Crippen molar-refractivity contribution in [2.24, 2.45) is 0 Å². The molecule has 0 unspecified atom stereocenters. The second kappa shape index (κ2) is 8.20. The molecule has 0 heterocycles. The average Bonchev–Trinajstić information content (AvgIpc) is 2.09. The maximum absolute atomic E-state index is 10.8. The second-order valence-electron chi connectivity index (χ2n) is 3.08. The van der Waals surface area contributed by atoms with Gasteiger partial charge in [0, 0.05) is 13.2 Å². The van der Waals surface area contributed by atoms with Crippen molar-refractivity contribution in [3.05, 3.63) is 0 Å². The van der Waals surface area contributed by atoms with Crippen LogP contribution in [-0.4, -0.2) is 25.3 Å². The zero-order valence-electron chi connectivity index (χ0n) is 8.84. The molecule has 0 radical (unpaired) electrons.